The Balaban J connectivity index is 1.43. The fourth-order valence-corrected chi connectivity index (χ4v) is 5.51. The van der Waals surface area contributed by atoms with E-state index in [1.54, 1.807) is 0 Å². The highest BCUT2D eigenvalue weighted by molar-refractivity contribution is 5.89. The zero-order valence-corrected chi connectivity index (χ0v) is 15.2. The van der Waals surface area contributed by atoms with Crippen molar-refractivity contribution in [2.75, 3.05) is 0 Å². The van der Waals surface area contributed by atoms with Crippen LogP contribution in [0.1, 0.15) is 49.7 Å². The average molecular weight is 347 g/mol. The molecule has 1 heterocycles. The van der Waals surface area contributed by atoms with Crippen molar-refractivity contribution in [1.29, 1.82) is 0 Å². The second-order valence-electron chi connectivity index (χ2n) is 8.25. The van der Waals surface area contributed by atoms with Gasteiger partial charge in [-0.05, 0) is 56.1 Å². The van der Waals surface area contributed by atoms with Crippen LogP contribution in [0.4, 0.5) is 0 Å². The van der Waals surface area contributed by atoms with Crippen LogP contribution in [0.5, 0.6) is 11.5 Å². The molecule has 0 saturated heterocycles. The lowest BCUT2D eigenvalue weighted by molar-refractivity contribution is -0.122. The number of benzene rings is 2. The van der Waals surface area contributed by atoms with Gasteiger partial charge >= 0.3 is 0 Å². The molecule has 3 nitrogen and oxygen atoms in total. The summed E-state index contributed by atoms with van der Waals surface area (Å²) in [5.74, 6) is 3.74. The first-order valence-corrected chi connectivity index (χ1v) is 9.87. The summed E-state index contributed by atoms with van der Waals surface area (Å²) in [5, 5.41) is 3.36. The molecule has 0 unspecified atom stereocenters. The second-order valence-corrected chi connectivity index (χ2v) is 8.25. The van der Waals surface area contributed by atoms with Crippen LogP contribution in [0.15, 0.2) is 48.5 Å². The lowest BCUT2D eigenvalue weighted by atomic mass is 9.83. The molecule has 2 aromatic rings. The number of ether oxygens (including phenoxy) is 1. The number of hydrogen-bond donors (Lipinski definition) is 1. The molecule has 2 fully saturated rings. The number of hydrogen-bond acceptors (Lipinski definition) is 2. The van der Waals surface area contributed by atoms with E-state index in [9.17, 15) is 4.79 Å². The summed E-state index contributed by atoms with van der Waals surface area (Å²) in [4.78, 5) is 13.3. The molecule has 0 aromatic heterocycles. The summed E-state index contributed by atoms with van der Waals surface area (Å²) in [6, 6.07) is 16.0. The summed E-state index contributed by atoms with van der Waals surface area (Å²) in [6.45, 7) is 2.19. The third kappa shape index (κ3) is 2.53. The molecule has 0 spiro atoms. The van der Waals surface area contributed by atoms with Crippen molar-refractivity contribution in [3.8, 4) is 11.5 Å². The minimum absolute atomic E-state index is 0.100. The first-order chi connectivity index (χ1) is 12.7. The van der Waals surface area contributed by atoms with Crippen LogP contribution < -0.4 is 10.1 Å². The van der Waals surface area contributed by atoms with Gasteiger partial charge in [0.25, 0.3) is 0 Å². The van der Waals surface area contributed by atoms with Crippen molar-refractivity contribution >= 4 is 5.91 Å². The predicted octanol–water partition coefficient (Wildman–Crippen LogP) is 4.87. The summed E-state index contributed by atoms with van der Waals surface area (Å²) >= 11 is 0. The van der Waals surface area contributed by atoms with E-state index in [1.165, 1.54) is 25.7 Å². The van der Waals surface area contributed by atoms with Gasteiger partial charge < -0.3 is 10.1 Å². The molecule has 3 heteroatoms. The number of carbonyl (C=O) groups is 1. The Hall–Kier alpha value is -2.29. The molecule has 0 radical (unpaired) electrons. The minimum Gasteiger partial charge on any atom is -0.457 e. The van der Waals surface area contributed by atoms with Crippen LogP contribution in [-0.2, 0) is 4.79 Å². The van der Waals surface area contributed by atoms with Gasteiger partial charge in [-0.1, -0.05) is 42.8 Å². The number of rotatable bonds is 3. The summed E-state index contributed by atoms with van der Waals surface area (Å²) < 4.78 is 6.02. The zero-order chi connectivity index (χ0) is 17.7. The van der Waals surface area contributed by atoms with Gasteiger partial charge in [0.15, 0.2) is 0 Å². The maximum absolute atomic E-state index is 13.3. The number of amides is 1. The lowest BCUT2D eigenvalue weighted by Gasteiger charge is -2.32. The van der Waals surface area contributed by atoms with Crippen LogP contribution in [0.25, 0.3) is 0 Å². The van der Waals surface area contributed by atoms with Gasteiger partial charge in [0, 0.05) is 17.2 Å². The van der Waals surface area contributed by atoms with E-state index in [4.69, 9.17) is 4.74 Å². The van der Waals surface area contributed by atoms with Crippen molar-refractivity contribution < 1.29 is 9.53 Å². The highest BCUT2D eigenvalue weighted by Gasteiger charge is 2.43. The van der Waals surface area contributed by atoms with E-state index in [0.29, 0.717) is 5.92 Å². The quantitative estimate of drug-likeness (QED) is 0.860. The fourth-order valence-electron chi connectivity index (χ4n) is 5.51. The van der Waals surface area contributed by atoms with Crippen molar-refractivity contribution in [2.45, 2.75) is 44.6 Å². The normalized spacial score (nSPS) is 27.3. The standard InChI is InChI=1S/C23H25NO2/c1-14(19-13-15-10-11-16(19)12-15)24-23(25)22-17-6-2-4-8-20(17)26-21-9-5-3-7-18(21)22/h2-9,14-16,19,22H,10-13H2,1H3,(H,24,25)/t14-,15-,16-,19-/m1/s1. The average Bonchev–Trinajstić information content (AvgIpc) is 3.29. The molecule has 26 heavy (non-hydrogen) atoms. The van der Waals surface area contributed by atoms with E-state index < -0.39 is 0 Å². The smallest absolute Gasteiger partial charge is 0.232 e. The Morgan fingerprint density at radius 2 is 1.65 bits per heavy atom. The van der Waals surface area contributed by atoms with Crippen molar-refractivity contribution in [1.82, 2.24) is 5.32 Å². The second kappa shape index (κ2) is 6.15. The van der Waals surface area contributed by atoms with Crippen LogP contribution in [0.3, 0.4) is 0 Å². The zero-order valence-electron chi connectivity index (χ0n) is 15.2. The van der Waals surface area contributed by atoms with Crippen molar-refractivity contribution in [3.05, 3.63) is 59.7 Å². The van der Waals surface area contributed by atoms with Crippen LogP contribution in [0.2, 0.25) is 0 Å². The Morgan fingerprint density at radius 1 is 1.00 bits per heavy atom. The Labute approximate surface area is 154 Å². The van der Waals surface area contributed by atoms with Gasteiger partial charge in [0.1, 0.15) is 11.5 Å². The topological polar surface area (TPSA) is 38.3 Å². The Kier molecular flexibility index (Phi) is 3.77. The molecule has 134 valence electrons. The van der Waals surface area contributed by atoms with Gasteiger partial charge in [-0.15, -0.1) is 0 Å². The van der Waals surface area contributed by atoms with Crippen LogP contribution in [0, 0.1) is 17.8 Å². The van der Waals surface area contributed by atoms with E-state index >= 15 is 0 Å². The van der Waals surface area contributed by atoms with Gasteiger partial charge in [-0.2, -0.15) is 0 Å². The molecular weight excluding hydrogens is 322 g/mol. The minimum atomic E-state index is -0.294. The first kappa shape index (κ1) is 15.9. The van der Waals surface area contributed by atoms with Gasteiger partial charge in [-0.3, -0.25) is 4.79 Å². The number of carbonyl (C=O) groups excluding carboxylic acids is 1. The van der Waals surface area contributed by atoms with Crippen molar-refractivity contribution in [2.24, 2.45) is 17.8 Å². The molecule has 1 amide bonds. The molecule has 2 bridgehead atoms. The predicted molar refractivity (Wildman–Crippen MR) is 101 cm³/mol. The first-order valence-electron chi connectivity index (χ1n) is 9.87. The summed E-state index contributed by atoms with van der Waals surface area (Å²) in [6.07, 6.45) is 5.39. The molecular formula is C23H25NO2. The Morgan fingerprint density at radius 3 is 2.23 bits per heavy atom. The molecule has 5 rings (SSSR count). The molecule has 4 atom stereocenters. The summed E-state index contributed by atoms with van der Waals surface area (Å²) in [5.41, 5.74) is 1.92. The number of para-hydroxylation sites is 2. The summed E-state index contributed by atoms with van der Waals surface area (Å²) in [7, 11) is 0. The van der Waals surface area contributed by atoms with Crippen LogP contribution in [-0.4, -0.2) is 11.9 Å². The lowest BCUT2D eigenvalue weighted by Crippen LogP contribution is -2.43. The molecule has 1 N–H and O–H groups in total. The molecule has 2 saturated carbocycles. The van der Waals surface area contributed by atoms with Crippen molar-refractivity contribution in [3.63, 3.8) is 0 Å². The maximum Gasteiger partial charge on any atom is 0.232 e. The third-order valence-electron chi connectivity index (χ3n) is 6.75. The van der Waals surface area contributed by atoms with Crippen LogP contribution >= 0.6 is 0 Å². The molecule has 2 aromatic carbocycles. The third-order valence-corrected chi connectivity index (χ3v) is 6.75. The highest BCUT2D eigenvalue weighted by Crippen LogP contribution is 2.50. The van der Waals surface area contributed by atoms with E-state index in [2.05, 4.69) is 12.2 Å². The molecule has 2 aliphatic carbocycles. The maximum atomic E-state index is 13.3. The van der Waals surface area contributed by atoms with Gasteiger partial charge in [0.2, 0.25) is 5.91 Å². The number of fused-ring (bicyclic) bond motifs is 4. The SMILES string of the molecule is C[C@@H](NC(=O)C1c2ccccc2Oc2ccccc21)[C@H]1C[C@@H]2CC[C@@H]1C2. The van der Waals surface area contributed by atoms with E-state index in [-0.39, 0.29) is 17.9 Å². The van der Waals surface area contributed by atoms with Gasteiger partial charge in [0.05, 0.1) is 5.92 Å². The van der Waals surface area contributed by atoms with Gasteiger partial charge in [-0.25, -0.2) is 0 Å². The highest BCUT2D eigenvalue weighted by atomic mass is 16.5. The van der Waals surface area contributed by atoms with E-state index in [0.717, 1.165) is 34.5 Å². The Bertz CT molecular complexity index is 800. The molecule has 3 aliphatic rings. The monoisotopic (exact) mass is 347 g/mol. The largest absolute Gasteiger partial charge is 0.457 e. The number of nitrogens with one attached hydrogen (secondary N) is 1. The molecule has 1 aliphatic heterocycles. The van der Waals surface area contributed by atoms with E-state index in [1.807, 2.05) is 48.5 Å². The fraction of sp³-hybridized carbons (Fsp3) is 0.435.